The Morgan fingerprint density at radius 3 is 2.72 bits per heavy atom. The lowest BCUT2D eigenvalue weighted by Crippen LogP contribution is -2.46. The molecule has 3 N–H and O–H groups in total. The molecule has 0 aromatic carbocycles. The zero-order valence-corrected chi connectivity index (χ0v) is 10.8. The molecule has 2 rings (SSSR count). The summed E-state index contributed by atoms with van der Waals surface area (Å²) in [6, 6.07) is 1.94. The third-order valence-corrected chi connectivity index (χ3v) is 3.89. The molecule has 0 amide bonds. The number of hydrogen-bond donors (Lipinski definition) is 2. The standard InChI is InChI=1S/C12H21N5O/c1-12(11(13)15-18)3-7-16(8-4-12)9-10-17-6-2-5-14-17/h2,5-6,18H,3-4,7-10H2,1H3,(H2,13,15). The summed E-state index contributed by atoms with van der Waals surface area (Å²) < 4.78 is 1.94. The molecule has 0 spiro atoms. The lowest BCUT2D eigenvalue weighted by atomic mass is 9.79. The fourth-order valence-corrected chi connectivity index (χ4v) is 2.32. The number of aromatic nitrogens is 2. The second kappa shape index (κ2) is 5.39. The molecule has 1 aliphatic rings. The second-order valence-electron chi connectivity index (χ2n) is 5.16. The van der Waals surface area contributed by atoms with E-state index in [-0.39, 0.29) is 5.41 Å². The van der Waals surface area contributed by atoms with E-state index in [9.17, 15) is 0 Å². The number of nitrogens with two attached hydrogens (primary N) is 1. The predicted octanol–water partition coefficient (Wildman–Crippen LogP) is 0.732. The molecule has 1 fully saturated rings. The van der Waals surface area contributed by atoms with E-state index in [1.54, 1.807) is 6.20 Å². The highest BCUT2D eigenvalue weighted by Gasteiger charge is 2.33. The molecule has 6 heteroatoms. The van der Waals surface area contributed by atoms with Gasteiger partial charge in [-0.15, -0.1) is 0 Å². The fraction of sp³-hybridized carbons (Fsp3) is 0.667. The Balaban J connectivity index is 1.80. The molecule has 1 aromatic rings. The minimum absolute atomic E-state index is 0.156. The highest BCUT2D eigenvalue weighted by atomic mass is 16.4. The van der Waals surface area contributed by atoms with Gasteiger partial charge in [-0.25, -0.2) is 0 Å². The fourth-order valence-electron chi connectivity index (χ4n) is 2.32. The minimum atomic E-state index is -0.156. The Kier molecular flexibility index (Phi) is 3.86. The third kappa shape index (κ3) is 2.81. The van der Waals surface area contributed by atoms with Crippen molar-refractivity contribution in [3.63, 3.8) is 0 Å². The van der Waals surface area contributed by atoms with Gasteiger partial charge in [-0.3, -0.25) is 4.68 Å². The number of likely N-dealkylation sites (tertiary alicyclic amines) is 1. The van der Waals surface area contributed by atoms with Gasteiger partial charge in [0.25, 0.3) is 0 Å². The van der Waals surface area contributed by atoms with Crippen LogP contribution in [0.1, 0.15) is 19.8 Å². The van der Waals surface area contributed by atoms with Crippen molar-refractivity contribution in [2.45, 2.75) is 26.3 Å². The summed E-state index contributed by atoms with van der Waals surface area (Å²) >= 11 is 0. The van der Waals surface area contributed by atoms with Crippen LogP contribution in [0.3, 0.4) is 0 Å². The van der Waals surface area contributed by atoms with Crippen LogP contribution >= 0.6 is 0 Å². The van der Waals surface area contributed by atoms with Gasteiger partial charge in [-0.05, 0) is 32.0 Å². The van der Waals surface area contributed by atoms with E-state index in [2.05, 4.69) is 22.1 Å². The Hall–Kier alpha value is -1.56. The topological polar surface area (TPSA) is 79.7 Å². The first kappa shape index (κ1) is 12.9. The molecule has 0 unspecified atom stereocenters. The van der Waals surface area contributed by atoms with E-state index >= 15 is 0 Å². The minimum Gasteiger partial charge on any atom is -0.409 e. The van der Waals surface area contributed by atoms with Gasteiger partial charge in [0.2, 0.25) is 0 Å². The Morgan fingerprint density at radius 1 is 1.44 bits per heavy atom. The van der Waals surface area contributed by atoms with Gasteiger partial charge in [0, 0.05) is 24.4 Å². The molecule has 1 aromatic heterocycles. The lowest BCUT2D eigenvalue weighted by Gasteiger charge is -2.38. The van der Waals surface area contributed by atoms with Crippen molar-refractivity contribution in [3.8, 4) is 0 Å². The highest BCUT2D eigenvalue weighted by Crippen LogP contribution is 2.30. The molecule has 0 saturated carbocycles. The molecule has 6 nitrogen and oxygen atoms in total. The normalized spacial score (nSPS) is 21.1. The summed E-state index contributed by atoms with van der Waals surface area (Å²) in [6.07, 6.45) is 5.64. The van der Waals surface area contributed by atoms with E-state index in [0.29, 0.717) is 5.84 Å². The SMILES string of the molecule is CC1(/C(N)=N/O)CCN(CCn2cccn2)CC1. The molecule has 1 saturated heterocycles. The van der Waals surface area contributed by atoms with Crippen LogP contribution in [0.2, 0.25) is 0 Å². The van der Waals surface area contributed by atoms with Crippen molar-refractivity contribution in [2.24, 2.45) is 16.3 Å². The number of piperidine rings is 1. The summed E-state index contributed by atoms with van der Waals surface area (Å²) in [5, 5.41) is 16.1. The van der Waals surface area contributed by atoms with Gasteiger partial charge in [0.1, 0.15) is 5.84 Å². The first-order valence-electron chi connectivity index (χ1n) is 6.32. The van der Waals surface area contributed by atoms with Crippen molar-refractivity contribution < 1.29 is 5.21 Å². The molecular weight excluding hydrogens is 230 g/mol. The van der Waals surface area contributed by atoms with Crippen molar-refractivity contribution in [3.05, 3.63) is 18.5 Å². The van der Waals surface area contributed by atoms with E-state index in [0.717, 1.165) is 39.0 Å². The molecule has 0 atom stereocenters. The molecule has 2 heterocycles. The monoisotopic (exact) mass is 251 g/mol. The molecule has 0 bridgehead atoms. The van der Waals surface area contributed by atoms with Gasteiger partial charge in [0.15, 0.2) is 0 Å². The number of oxime groups is 1. The molecule has 18 heavy (non-hydrogen) atoms. The van der Waals surface area contributed by atoms with Crippen LogP contribution in [0.4, 0.5) is 0 Å². The molecule has 1 aliphatic heterocycles. The maximum atomic E-state index is 8.78. The van der Waals surface area contributed by atoms with E-state index in [1.165, 1.54) is 0 Å². The van der Waals surface area contributed by atoms with Crippen molar-refractivity contribution in [1.29, 1.82) is 0 Å². The van der Waals surface area contributed by atoms with Crippen LogP contribution in [0.5, 0.6) is 0 Å². The second-order valence-corrected chi connectivity index (χ2v) is 5.16. The first-order chi connectivity index (χ1) is 8.64. The third-order valence-electron chi connectivity index (χ3n) is 3.89. The van der Waals surface area contributed by atoms with Crippen LogP contribution in [-0.4, -0.2) is 45.4 Å². The molecular formula is C12H21N5O. The van der Waals surface area contributed by atoms with Gasteiger partial charge in [0.05, 0.1) is 6.54 Å². The van der Waals surface area contributed by atoms with Crippen molar-refractivity contribution >= 4 is 5.84 Å². The van der Waals surface area contributed by atoms with Crippen LogP contribution in [0.25, 0.3) is 0 Å². The average molecular weight is 251 g/mol. The summed E-state index contributed by atoms with van der Waals surface area (Å²) in [4.78, 5) is 2.40. The summed E-state index contributed by atoms with van der Waals surface area (Å²) in [5.41, 5.74) is 5.59. The zero-order chi connectivity index (χ0) is 13.0. The van der Waals surface area contributed by atoms with Gasteiger partial charge in [-0.2, -0.15) is 5.10 Å². The van der Waals surface area contributed by atoms with E-state index in [4.69, 9.17) is 10.9 Å². The zero-order valence-electron chi connectivity index (χ0n) is 10.8. The van der Waals surface area contributed by atoms with Crippen LogP contribution in [0.15, 0.2) is 23.6 Å². The number of amidine groups is 1. The van der Waals surface area contributed by atoms with E-state index < -0.39 is 0 Å². The number of rotatable bonds is 4. The van der Waals surface area contributed by atoms with E-state index in [1.807, 2.05) is 16.9 Å². The van der Waals surface area contributed by atoms with Crippen LogP contribution < -0.4 is 5.73 Å². The summed E-state index contributed by atoms with van der Waals surface area (Å²) in [6.45, 7) is 5.93. The quantitative estimate of drug-likeness (QED) is 0.358. The number of hydrogen-bond acceptors (Lipinski definition) is 4. The predicted molar refractivity (Wildman–Crippen MR) is 69.4 cm³/mol. The summed E-state index contributed by atoms with van der Waals surface area (Å²) in [5.74, 6) is 0.356. The molecule has 100 valence electrons. The van der Waals surface area contributed by atoms with Crippen LogP contribution in [0, 0.1) is 5.41 Å². The Labute approximate surface area is 107 Å². The van der Waals surface area contributed by atoms with Crippen molar-refractivity contribution in [2.75, 3.05) is 19.6 Å². The maximum absolute atomic E-state index is 8.78. The molecule has 0 radical (unpaired) electrons. The largest absolute Gasteiger partial charge is 0.409 e. The number of nitrogens with zero attached hydrogens (tertiary/aromatic N) is 4. The Morgan fingerprint density at radius 2 is 2.17 bits per heavy atom. The van der Waals surface area contributed by atoms with Crippen LogP contribution in [-0.2, 0) is 6.54 Å². The van der Waals surface area contributed by atoms with Gasteiger partial charge < -0.3 is 15.8 Å². The highest BCUT2D eigenvalue weighted by molar-refractivity contribution is 5.85. The van der Waals surface area contributed by atoms with Gasteiger partial charge >= 0.3 is 0 Å². The summed E-state index contributed by atoms with van der Waals surface area (Å²) in [7, 11) is 0. The smallest absolute Gasteiger partial charge is 0.145 e. The average Bonchev–Trinajstić information content (AvgIpc) is 2.90. The van der Waals surface area contributed by atoms with Crippen molar-refractivity contribution in [1.82, 2.24) is 14.7 Å². The first-order valence-corrected chi connectivity index (χ1v) is 6.32. The Bertz CT molecular complexity index is 393. The molecule has 0 aliphatic carbocycles. The maximum Gasteiger partial charge on any atom is 0.145 e. The lowest BCUT2D eigenvalue weighted by molar-refractivity contribution is 0.153. The van der Waals surface area contributed by atoms with Gasteiger partial charge in [-0.1, -0.05) is 12.1 Å².